The van der Waals surface area contributed by atoms with Gasteiger partial charge in [0.05, 0.1) is 10.6 Å². The van der Waals surface area contributed by atoms with Crippen molar-refractivity contribution in [2.75, 3.05) is 10.8 Å². The van der Waals surface area contributed by atoms with E-state index in [4.69, 9.17) is 34.8 Å². The third-order valence-corrected chi connectivity index (χ3v) is 9.37. The quantitative estimate of drug-likeness (QED) is 0.235. The largest absolute Gasteiger partial charge is 0.352 e. The predicted molar refractivity (Wildman–Crippen MR) is 166 cm³/mol. The van der Waals surface area contributed by atoms with Gasteiger partial charge >= 0.3 is 0 Å². The van der Waals surface area contributed by atoms with Crippen LogP contribution in [-0.2, 0) is 26.2 Å². The van der Waals surface area contributed by atoms with Gasteiger partial charge in [-0.05, 0) is 80.8 Å². The van der Waals surface area contributed by atoms with Crippen LogP contribution in [0.25, 0.3) is 0 Å². The Bertz CT molecular complexity index is 1470. The standard InChI is InChI=1S/C30H34Cl3N3O4S/c1-5-21(4)34-30(38)28(6-2)35(18-22-9-10-24(32)17-27(22)33)29(37)19-36(25-13-11-23(31)12-14-25)41(39,40)26-15-7-20(3)8-16-26/h7-17,21,28H,5-6,18-19H2,1-4H3,(H,34,38)/t21-,28-/m1/s1. The van der Waals surface area contributed by atoms with Crippen molar-refractivity contribution >= 4 is 62.3 Å². The monoisotopic (exact) mass is 637 g/mol. The maximum atomic E-state index is 14.1. The first-order valence-electron chi connectivity index (χ1n) is 13.3. The number of halogens is 3. The van der Waals surface area contributed by atoms with E-state index >= 15 is 0 Å². The summed E-state index contributed by atoms with van der Waals surface area (Å²) >= 11 is 18.6. The molecule has 220 valence electrons. The van der Waals surface area contributed by atoms with E-state index in [0.717, 1.165) is 9.87 Å². The highest BCUT2D eigenvalue weighted by molar-refractivity contribution is 7.92. The van der Waals surface area contributed by atoms with Gasteiger partial charge in [0, 0.05) is 27.7 Å². The Labute approximate surface area is 257 Å². The molecule has 0 aliphatic heterocycles. The SMILES string of the molecule is CC[C@@H](C)NC(=O)[C@@H](CC)N(Cc1ccc(Cl)cc1Cl)C(=O)CN(c1ccc(Cl)cc1)S(=O)(=O)c1ccc(C)cc1. The Kier molecular flexibility index (Phi) is 11.5. The number of nitrogens with zero attached hydrogens (tertiary/aromatic N) is 2. The van der Waals surface area contributed by atoms with Crippen molar-refractivity contribution in [1.82, 2.24) is 10.2 Å². The summed E-state index contributed by atoms with van der Waals surface area (Å²) in [5.41, 5.74) is 1.71. The van der Waals surface area contributed by atoms with Crippen LogP contribution in [-0.4, -0.2) is 43.8 Å². The molecule has 1 N–H and O–H groups in total. The van der Waals surface area contributed by atoms with Crippen molar-refractivity contribution in [2.24, 2.45) is 0 Å². The number of amides is 2. The molecule has 11 heteroatoms. The van der Waals surface area contributed by atoms with E-state index in [1.807, 2.05) is 20.8 Å². The number of rotatable bonds is 12. The molecule has 0 saturated carbocycles. The molecule has 3 aromatic rings. The summed E-state index contributed by atoms with van der Waals surface area (Å²) in [5.74, 6) is -0.910. The first kappa shape index (κ1) is 32.7. The van der Waals surface area contributed by atoms with Gasteiger partial charge in [-0.15, -0.1) is 0 Å². The number of hydrogen-bond donors (Lipinski definition) is 1. The van der Waals surface area contributed by atoms with Crippen LogP contribution >= 0.6 is 34.8 Å². The molecule has 0 spiro atoms. The van der Waals surface area contributed by atoms with Crippen molar-refractivity contribution < 1.29 is 18.0 Å². The molecular formula is C30H34Cl3N3O4S. The zero-order valence-electron chi connectivity index (χ0n) is 23.4. The molecule has 0 fully saturated rings. The minimum atomic E-state index is -4.18. The topological polar surface area (TPSA) is 86.8 Å². The number of hydrogen-bond acceptors (Lipinski definition) is 4. The first-order chi connectivity index (χ1) is 19.4. The van der Waals surface area contributed by atoms with Gasteiger partial charge in [-0.3, -0.25) is 13.9 Å². The summed E-state index contributed by atoms with van der Waals surface area (Å²) in [5, 5.41) is 4.12. The van der Waals surface area contributed by atoms with Crippen LogP contribution in [0.15, 0.2) is 71.6 Å². The number of sulfonamides is 1. The van der Waals surface area contributed by atoms with E-state index in [2.05, 4.69) is 5.32 Å². The maximum absolute atomic E-state index is 14.1. The molecule has 41 heavy (non-hydrogen) atoms. The lowest BCUT2D eigenvalue weighted by Gasteiger charge is -2.34. The van der Waals surface area contributed by atoms with E-state index < -0.39 is 28.5 Å². The maximum Gasteiger partial charge on any atom is 0.264 e. The molecule has 0 aromatic heterocycles. The Morgan fingerprint density at radius 1 is 0.878 bits per heavy atom. The predicted octanol–water partition coefficient (Wildman–Crippen LogP) is 6.87. The Morgan fingerprint density at radius 2 is 1.49 bits per heavy atom. The lowest BCUT2D eigenvalue weighted by atomic mass is 10.1. The molecule has 3 aromatic carbocycles. The van der Waals surface area contributed by atoms with E-state index in [9.17, 15) is 18.0 Å². The molecule has 0 bridgehead atoms. The van der Waals surface area contributed by atoms with Gasteiger partial charge in [-0.1, -0.05) is 72.4 Å². The number of nitrogens with one attached hydrogen (secondary N) is 1. The minimum absolute atomic E-state index is 0.0275. The molecule has 0 unspecified atom stereocenters. The average Bonchev–Trinajstić information content (AvgIpc) is 2.93. The summed E-state index contributed by atoms with van der Waals surface area (Å²) in [4.78, 5) is 28.9. The number of benzene rings is 3. The lowest BCUT2D eigenvalue weighted by molar-refractivity contribution is -0.140. The highest BCUT2D eigenvalue weighted by atomic mass is 35.5. The highest BCUT2D eigenvalue weighted by Crippen LogP contribution is 2.28. The van der Waals surface area contributed by atoms with Crippen molar-refractivity contribution in [3.05, 3.63) is 92.9 Å². The highest BCUT2D eigenvalue weighted by Gasteiger charge is 2.34. The Balaban J connectivity index is 2.08. The zero-order valence-corrected chi connectivity index (χ0v) is 26.5. The fourth-order valence-electron chi connectivity index (χ4n) is 4.17. The third-order valence-electron chi connectivity index (χ3n) is 6.75. The molecule has 7 nitrogen and oxygen atoms in total. The van der Waals surface area contributed by atoms with Gasteiger partial charge in [0.25, 0.3) is 10.0 Å². The molecule has 0 aliphatic carbocycles. The van der Waals surface area contributed by atoms with Crippen LogP contribution in [0.1, 0.15) is 44.7 Å². The van der Waals surface area contributed by atoms with E-state index in [1.54, 1.807) is 49.4 Å². The summed E-state index contributed by atoms with van der Waals surface area (Å²) in [6.07, 6.45) is 1.00. The molecule has 2 atom stereocenters. The fraction of sp³-hybridized carbons (Fsp3) is 0.333. The van der Waals surface area contributed by atoms with E-state index in [-0.39, 0.29) is 29.1 Å². The molecule has 0 aliphatic rings. The molecule has 0 heterocycles. The van der Waals surface area contributed by atoms with Crippen LogP contribution in [0.3, 0.4) is 0 Å². The lowest BCUT2D eigenvalue weighted by Crippen LogP contribution is -2.53. The Morgan fingerprint density at radius 3 is 2.05 bits per heavy atom. The second-order valence-corrected chi connectivity index (χ2v) is 12.9. The van der Waals surface area contributed by atoms with E-state index in [0.29, 0.717) is 33.5 Å². The number of carbonyl (C=O) groups is 2. The van der Waals surface area contributed by atoms with Crippen LogP contribution in [0.5, 0.6) is 0 Å². The molecule has 3 rings (SSSR count). The molecular weight excluding hydrogens is 605 g/mol. The van der Waals surface area contributed by atoms with Crippen molar-refractivity contribution in [1.29, 1.82) is 0 Å². The van der Waals surface area contributed by atoms with Crippen LogP contribution in [0.4, 0.5) is 5.69 Å². The van der Waals surface area contributed by atoms with Gasteiger partial charge < -0.3 is 10.2 Å². The van der Waals surface area contributed by atoms with Crippen molar-refractivity contribution in [3.63, 3.8) is 0 Å². The molecule has 0 radical (unpaired) electrons. The summed E-state index contributed by atoms with van der Waals surface area (Å²) in [7, 11) is -4.18. The second-order valence-electron chi connectivity index (χ2n) is 9.80. The number of aryl methyl sites for hydroxylation is 1. The molecule has 0 saturated heterocycles. The Hall–Kier alpha value is -2.78. The van der Waals surface area contributed by atoms with Gasteiger partial charge in [-0.2, -0.15) is 0 Å². The summed E-state index contributed by atoms with van der Waals surface area (Å²) in [6.45, 7) is 6.89. The molecule has 2 amide bonds. The van der Waals surface area contributed by atoms with Crippen molar-refractivity contribution in [2.45, 2.75) is 64.1 Å². The summed E-state index contributed by atoms with van der Waals surface area (Å²) in [6, 6.07) is 16.5. The van der Waals surface area contributed by atoms with Crippen LogP contribution < -0.4 is 9.62 Å². The normalized spacial score (nSPS) is 12.9. The third kappa shape index (κ3) is 8.38. The number of carbonyl (C=O) groups excluding carboxylic acids is 2. The fourth-order valence-corrected chi connectivity index (χ4v) is 6.18. The summed E-state index contributed by atoms with van der Waals surface area (Å²) < 4.78 is 28.8. The first-order valence-corrected chi connectivity index (χ1v) is 15.8. The van der Waals surface area contributed by atoms with Crippen LogP contribution in [0, 0.1) is 6.92 Å². The number of anilines is 1. The van der Waals surface area contributed by atoms with Gasteiger partial charge in [-0.25, -0.2) is 8.42 Å². The van der Waals surface area contributed by atoms with E-state index in [1.165, 1.54) is 29.2 Å². The second kappa shape index (κ2) is 14.4. The van der Waals surface area contributed by atoms with Gasteiger partial charge in [0.15, 0.2) is 0 Å². The minimum Gasteiger partial charge on any atom is -0.352 e. The van der Waals surface area contributed by atoms with Crippen molar-refractivity contribution in [3.8, 4) is 0 Å². The zero-order chi connectivity index (χ0) is 30.3. The smallest absolute Gasteiger partial charge is 0.264 e. The van der Waals surface area contributed by atoms with Gasteiger partial charge in [0.2, 0.25) is 11.8 Å². The average molecular weight is 639 g/mol. The van der Waals surface area contributed by atoms with Crippen LogP contribution in [0.2, 0.25) is 15.1 Å². The van der Waals surface area contributed by atoms with Gasteiger partial charge in [0.1, 0.15) is 12.6 Å².